The van der Waals surface area contributed by atoms with Crippen LogP contribution >= 0.6 is 0 Å². The molecule has 1 unspecified atom stereocenters. The summed E-state index contributed by atoms with van der Waals surface area (Å²) in [6, 6.07) is 0. The number of rotatable bonds is 38. The minimum atomic E-state index is -0.543. The highest BCUT2D eigenvalue weighted by atomic mass is 16.6. The molecule has 0 bridgehead atoms. The van der Waals surface area contributed by atoms with Gasteiger partial charge >= 0.3 is 11.9 Å². The van der Waals surface area contributed by atoms with Gasteiger partial charge < -0.3 is 14.2 Å². The Kier molecular flexibility index (Phi) is 39.5. The molecule has 1 atom stereocenters. The van der Waals surface area contributed by atoms with Crippen LogP contribution in [0.5, 0.6) is 0 Å². The van der Waals surface area contributed by atoms with Gasteiger partial charge in [-0.1, -0.05) is 159 Å². The Balaban J connectivity index is 4.13. The van der Waals surface area contributed by atoms with Gasteiger partial charge in [0.25, 0.3) is 0 Å². The standard InChI is InChI=1S/C45H80O5/c1-4-7-10-13-15-17-19-21-22-23-25-27-29-31-34-37-40-48-41-43(50-45(47)39-36-32-12-9-6-3)42-49-44(46)38-35-33-30-28-26-24-20-18-16-14-11-8-5-2/h8,11,16,18,21-22,24,26,43H,4-7,9-10,12-15,17,19-20,23,25,27-42H2,1-3H3/b11-8-,18-16-,22-21-,26-24-. The molecule has 0 heterocycles. The number of allylic oxidation sites excluding steroid dienone is 8. The van der Waals surface area contributed by atoms with E-state index < -0.39 is 6.10 Å². The topological polar surface area (TPSA) is 61.8 Å². The maximum atomic E-state index is 12.5. The summed E-state index contributed by atoms with van der Waals surface area (Å²) in [5.41, 5.74) is 0. The molecule has 290 valence electrons. The molecule has 0 saturated carbocycles. The number of ether oxygens (including phenoxy) is 3. The first kappa shape index (κ1) is 47.9. The van der Waals surface area contributed by atoms with Crippen molar-refractivity contribution in [2.45, 2.75) is 207 Å². The molecule has 0 radical (unpaired) electrons. The van der Waals surface area contributed by atoms with E-state index in [1.54, 1.807) is 0 Å². The van der Waals surface area contributed by atoms with Gasteiger partial charge in [-0.2, -0.15) is 0 Å². The van der Waals surface area contributed by atoms with E-state index in [0.717, 1.165) is 77.0 Å². The van der Waals surface area contributed by atoms with Crippen LogP contribution in [0.1, 0.15) is 201 Å². The third-order valence-corrected chi connectivity index (χ3v) is 8.85. The molecule has 5 heteroatoms. The predicted molar refractivity (Wildman–Crippen MR) is 215 cm³/mol. The Hall–Kier alpha value is -2.14. The third-order valence-electron chi connectivity index (χ3n) is 8.85. The SMILES string of the molecule is CC/C=C\C/C=C\C/C=C\CCCCCC(=O)OCC(COCCCCCCCC/C=C\CCCCCCCC)OC(=O)CCCCCCC. The Morgan fingerprint density at radius 2 is 0.900 bits per heavy atom. The molecule has 0 aromatic rings. The average Bonchev–Trinajstić information content (AvgIpc) is 3.11. The highest BCUT2D eigenvalue weighted by molar-refractivity contribution is 5.70. The second kappa shape index (κ2) is 41.3. The number of hydrogen-bond donors (Lipinski definition) is 0. The Morgan fingerprint density at radius 1 is 0.460 bits per heavy atom. The average molecular weight is 701 g/mol. The zero-order chi connectivity index (χ0) is 36.4. The monoisotopic (exact) mass is 701 g/mol. The first-order chi connectivity index (χ1) is 24.6. The molecule has 0 spiro atoms. The molecule has 0 aromatic heterocycles. The molecule has 0 aliphatic rings. The van der Waals surface area contributed by atoms with Crippen molar-refractivity contribution in [3.8, 4) is 0 Å². The van der Waals surface area contributed by atoms with Crippen molar-refractivity contribution in [3.63, 3.8) is 0 Å². The Bertz CT molecular complexity index is 842. The first-order valence-electron chi connectivity index (χ1n) is 21.2. The highest BCUT2D eigenvalue weighted by Crippen LogP contribution is 2.12. The lowest BCUT2D eigenvalue weighted by Gasteiger charge is -2.18. The fraction of sp³-hybridized carbons (Fsp3) is 0.778. The van der Waals surface area contributed by atoms with E-state index >= 15 is 0 Å². The zero-order valence-corrected chi connectivity index (χ0v) is 33.2. The van der Waals surface area contributed by atoms with Crippen LogP contribution in [-0.2, 0) is 23.8 Å². The fourth-order valence-corrected chi connectivity index (χ4v) is 5.69. The Labute approximate surface area is 310 Å². The van der Waals surface area contributed by atoms with Crippen LogP contribution in [0.2, 0.25) is 0 Å². The molecule has 0 saturated heterocycles. The van der Waals surface area contributed by atoms with Crippen LogP contribution in [-0.4, -0.2) is 37.9 Å². The maximum absolute atomic E-state index is 12.5. The van der Waals surface area contributed by atoms with E-state index in [2.05, 4.69) is 69.4 Å². The predicted octanol–water partition coefficient (Wildman–Crippen LogP) is 13.7. The van der Waals surface area contributed by atoms with E-state index in [1.807, 2.05) is 0 Å². The van der Waals surface area contributed by atoms with Crippen LogP contribution in [0, 0.1) is 0 Å². The molecule has 50 heavy (non-hydrogen) atoms. The van der Waals surface area contributed by atoms with Crippen LogP contribution in [0.15, 0.2) is 48.6 Å². The molecule has 0 N–H and O–H groups in total. The van der Waals surface area contributed by atoms with Gasteiger partial charge in [-0.25, -0.2) is 0 Å². The summed E-state index contributed by atoms with van der Waals surface area (Å²) in [5.74, 6) is -0.447. The lowest BCUT2D eigenvalue weighted by atomic mass is 10.1. The third kappa shape index (κ3) is 38.7. The number of esters is 2. The summed E-state index contributed by atoms with van der Waals surface area (Å²) in [4.78, 5) is 24.9. The van der Waals surface area contributed by atoms with E-state index in [9.17, 15) is 9.59 Å². The first-order valence-corrected chi connectivity index (χ1v) is 21.2. The molecule has 0 aliphatic heterocycles. The van der Waals surface area contributed by atoms with Gasteiger partial charge in [0, 0.05) is 19.4 Å². The van der Waals surface area contributed by atoms with Crippen molar-refractivity contribution < 1.29 is 23.8 Å². The minimum absolute atomic E-state index is 0.0678. The summed E-state index contributed by atoms with van der Waals surface area (Å²) in [5, 5.41) is 0. The van der Waals surface area contributed by atoms with E-state index in [0.29, 0.717) is 19.4 Å². The molecule has 0 aliphatic carbocycles. The van der Waals surface area contributed by atoms with Crippen LogP contribution in [0.4, 0.5) is 0 Å². The van der Waals surface area contributed by atoms with Gasteiger partial charge in [-0.15, -0.1) is 0 Å². The van der Waals surface area contributed by atoms with E-state index in [4.69, 9.17) is 14.2 Å². The molecule has 0 amide bonds. The van der Waals surface area contributed by atoms with Gasteiger partial charge in [-0.3, -0.25) is 9.59 Å². The lowest BCUT2D eigenvalue weighted by molar-refractivity contribution is -0.163. The summed E-state index contributed by atoms with van der Waals surface area (Å²) >= 11 is 0. The van der Waals surface area contributed by atoms with Crippen molar-refractivity contribution in [2.24, 2.45) is 0 Å². The van der Waals surface area contributed by atoms with Crippen molar-refractivity contribution >= 4 is 11.9 Å². The maximum Gasteiger partial charge on any atom is 0.306 e. The minimum Gasteiger partial charge on any atom is -0.462 e. The van der Waals surface area contributed by atoms with Gasteiger partial charge in [0.15, 0.2) is 6.10 Å². The zero-order valence-electron chi connectivity index (χ0n) is 33.2. The van der Waals surface area contributed by atoms with Gasteiger partial charge in [-0.05, 0) is 77.0 Å². The van der Waals surface area contributed by atoms with Crippen molar-refractivity contribution in [1.82, 2.24) is 0 Å². The van der Waals surface area contributed by atoms with Crippen LogP contribution in [0.25, 0.3) is 0 Å². The number of hydrogen-bond acceptors (Lipinski definition) is 5. The molecule has 0 rings (SSSR count). The summed E-state index contributed by atoms with van der Waals surface area (Å²) in [6.45, 7) is 7.59. The fourth-order valence-electron chi connectivity index (χ4n) is 5.69. The van der Waals surface area contributed by atoms with Gasteiger partial charge in [0.1, 0.15) is 6.61 Å². The van der Waals surface area contributed by atoms with Crippen molar-refractivity contribution in [2.75, 3.05) is 19.8 Å². The molecule has 0 fully saturated rings. The Morgan fingerprint density at radius 3 is 1.48 bits per heavy atom. The smallest absolute Gasteiger partial charge is 0.306 e. The second-order valence-corrected chi connectivity index (χ2v) is 13.9. The summed E-state index contributed by atoms with van der Waals surface area (Å²) in [6.07, 6.45) is 48.5. The van der Waals surface area contributed by atoms with Gasteiger partial charge in [0.05, 0.1) is 6.61 Å². The number of carbonyl (C=O) groups excluding carboxylic acids is 2. The summed E-state index contributed by atoms with van der Waals surface area (Å²) in [7, 11) is 0. The van der Waals surface area contributed by atoms with Crippen LogP contribution < -0.4 is 0 Å². The number of unbranched alkanes of at least 4 members (excludes halogenated alkanes) is 19. The highest BCUT2D eigenvalue weighted by Gasteiger charge is 2.17. The largest absolute Gasteiger partial charge is 0.462 e. The summed E-state index contributed by atoms with van der Waals surface area (Å²) < 4.78 is 17.1. The second-order valence-electron chi connectivity index (χ2n) is 13.9. The van der Waals surface area contributed by atoms with E-state index in [1.165, 1.54) is 89.9 Å². The van der Waals surface area contributed by atoms with E-state index in [-0.39, 0.29) is 25.2 Å². The quantitative estimate of drug-likeness (QED) is 0.0364. The normalized spacial score (nSPS) is 12.6. The lowest BCUT2D eigenvalue weighted by Crippen LogP contribution is -2.30. The molecule has 5 nitrogen and oxygen atoms in total. The molecular formula is C45H80O5. The molecule has 0 aromatic carbocycles. The van der Waals surface area contributed by atoms with Crippen molar-refractivity contribution in [3.05, 3.63) is 48.6 Å². The van der Waals surface area contributed by atoms with Crippen LogP contribution in [0.3, 0.4) is 0 Å². The number of carbonyl (C=O) groups is 2. The van der Waals surface area contributed by atoms with Crippen molar-refractivity contribution in [1.29, 1.82) is 0 Å². The van der Waals surface area contributed by atoms with Gasteiger partial charge in [0.2, 0.25) is 0 Å². The molecular weight excluding hydrogens is 620 g/mol.